The third-order valence-electron chi connectivity index (χ3n) is 32.8. The van der Waals surface area contributed by atoms with Crippen LogP contribution in [0.3, 0.4) is 0 Å². The third kappa shape index (κ3) is 12.6. The average molecular weight is 1910 g/mol. The van der Waals surface area contributed by atoms with Crippen LogP contribution >= 0.6 is 11.3 Å². The minimum atomic E-state index is -0.386. The Kier molecular flexibility index (Phi) is 18.6. The summed E-state index contributed by atoms with van der Waals surface area (Å²) in [6, 6.07) is 193. The van der Waals surface area contributed by atoms with Crippen molar-refractivity contribution in [2.75, 3.05) is 0 Å². The van der Waals surface area contributed by atoms with E-state index < -0.39 is 0 Å². The van der Waals surface area contributed by atoms with Gasteiger partial charge >= 0.3 is 0 Å². The number of fused-ring (bicyclic) bond motifs is 34. The average Bonchev–Trinajstić information content (AvgIpc) is 1.50. The first-order valence-corrected chi connectivity index (χ1v) is 52.5. The molecule has 7 aromatic heterocycles. The lowest BCUT2D eigenvalue weighted by atomic mass is 9.70. The number of benzene rings is 23. The second-order valence-corrected chi connectivity index (χ2v) is 41.9. The van der Waals surface area contributed by atoms with Crippen molar-refractivity contribution >= 4 is 162 Å². The van der Waals surface area contributed by atoms with Crippen molar-refractivity contribution in [3.8, 4) is 101 Å². The predicted octanol–water partition coefficient (Wildman–Crippen LogP) is 37.7. The van der Waals surface area contributed by atoms with Crippen molar-refractivity contribution in [3.05, 3.63) is 555 Å². The molecule has 7 heterocycles. The summed E-state index contributed by atoms with van der Waals surface area (Å²) in [6.07, 6.45) is 0. The lowest BCUT2D eigenvalue weighted by Gasteiger charge is -2.30. The number of hydrogen-bond acceptors (Lipinski definition) is 1. The van der Waals surface area contributed by atoms with Gasteiger partial charge in [-0.3, -0.25) is 0 Å². The summed E-state index contributed by atoms with van der Waals surface area (Å²) >= 11 is 1.87. The van der Waals surface area contributed by atoms with Crippen LogP contribution in [-0.2, 0) is 10.8 Å². The van der Waals surface area contributed by atoms with Gasteiger partial charge in [0, 0.05) is 124 Å². The molecule has 0 bridgehead atoms. The van der Waals surface area contributed by atoms with Gasteiger partial charge in [-0.2, -0.15) is 0 Å². The molecule has 0 saturated carbocycles. The van der Waals surface area contributed by atoms with Gasteiger partial charge in [0.1, 0.15) is 0 Å². The molecule has 1 spiro atoms. The minimum Gasteiger partial charge on any atom is -0.309 e. The molecule has 0 aliphatic heterocycles. The van der Waals surface area contributed by atoms with Crippen molar-refractivity contribution in [2.45, 2.75) is 24.7 Å². The summed E-state index contributed by atoms with van der Waals surface area (Å²) in [7, 11) is 0. The number of aromatic nitrogens is 6. The Bertz CT molecular complexity index is 10800. The molecular weight excluding hydrogens is 1820 g/mol. The van der Waals surface area contributed by atoms with Gasteiger partial charge in [-0.05, 0) is 294 Å². The number of rotatable bonds is 9. The van der Waals surface area contributed by atoms with E-state index in [2.05, 4.69) is 563 Å². The molecule has 33 rings (SSSR count). The Morgan fingerprint density at radius 3 is 0.705 bits per heavy atom. The largest absolute Gasteiger partial charge is 0.309 e. The fourth-order valence-corrected chi connectivity index (χ4v) is 27.3. The normalized spacial score (nSPS) is 13.0. The second kappa shape index (κ2) is 32.8. The van der Waals surface area contributed by atoms with Crippen LogP contribution in [0.1, 0.15) is 47.2 Å². The zero-order valence-electron chi connectivity index (χ0n) is 81.7. The first-order valence-electron chi connectivity index (χ1n) is 51.7. The predicted molar refractivity (Wildman–Crippen MR) is 628 cm³/mol. The monoisotopic (exact) mass is 1910 g/mol. The van der Waals surface area contributed by atoms with Crippen molar-refractivity contribution in [3.63, 3.8) is 0 Å². The number of para-hydroxylation sites is 9. The lowest BCUT2D eigenvalue weighted by Crippen LogP contribution is -2.26. The Hall–Kier alpha value is -18.9. The minimum absolute atomic E-state index is 0.0455. The van der Waals surface area contributed by atoms with Crippen LogP contribution in [-0.4, -0.2) is 27.4 Å². The highest BCUT2D eigenvalue weighted by atomic mass is 32.1. The van der Waals surface area contributed by atoms with Gasteiger partial charge in [-0.15, -0.1) is 11.3 Å². The van der Waals surface area contributed by atoms with Gasteiger partial charge in [0.25, 0.3) is 0 Å². The van der Waals surface area contributed by atoms with E-state index in [-0.39, 0.29) is 10.8 Å². The van der Waals surface area contributed by atoms with E-state index in [9.17, 15) is 0 Å². The summed E-state index contributed by atoms with van der Waals surface area (Å²) in [5, 5.41) is 17.8. The Balaban J connectivity index is 0.000000102. The Morgan fingerprint density at radius 1 is 0.141 bits per heavy atom. The van der Waals surface area contributed by atoms with Crippen LogP contribution in [0.2, 0.25) is 0 Å². The smallest absolute Gasteiger partial charge is 0.0726 e. The third-order valence-corrected chi connectivity index (χ3v) is 33.9. The SMILES string of the molecule is CC1(C)c2ccccc2-c2ccc(-n3c4ccccc4c4cc(-c5ccc6c(c5)c5ccccc5n6-c5ccccc5)ccc43)cc21.c1ccc(-n2c3ccccc3c3cc(-c4ccc5c(c4)c4ccccc4n5-c4ccc5c(c4)C4(c6ccccc6-c6ccccc64)c4ccccc4-5)ccc32)cc1.c1ccc(-n2c3ccccc3c3cc(-c4ccc5c(c4)c4ccccc4n5-c4ccc5sc6ccccc6c5c4)ccc32)cc1. The molecule has 0 radical (unpaired) electrons. The quantitative estimate of drug-likeness (QED) is 0.138. The topological polar surface area (TPSA) is 29.6 Å². The Morgan fingerprint density at radius 2 is 0.369 bits per heavy atom. The zero-order valence-corrected chi connectivity index (χ0v) is 82.6. The zero-order chi connectivity index (χ0) is 98.0. The highest BCUT2D eigenvalue weighted by molar-refractivity contribution is 7.25. The van der Waals surface area contributed by atoms with Crippen LogP contribution < -0.4 is 0 Å². The van der Waals surface area contributed by atoms with Crippen molar-refractivity contribution in [1.82, 2.24) is 27.4 Å². The summed E-state index contributed by atoms with van der Waals surface area (Å²) in [4.78, 5) is 0. The van der Waals surface area contributed by atoms with E-state index in [0.29, 0.717) is 0 Å². The van der Waals surface area contributed by atoms with Crippen LogP contribution in [0.5, 0.6) is 0 Å². The molecular formula is C142H92N6S. The van der Waals surface area contributed by atoms with Gasteiger partial charge in [-0.1, -0.05) is 341 Å². The van der Waals surface area contributed by atoms with Crippen molar-refractivity contribution < 1.29 is 0 Å². The van der Waals surface area contributed by atoms with E-state index in [4.69, 9.17) is 0 Å². The van der Waals surface area contributed by atoms with Crippen LogP contribution in [0, 0.1) is 0 Å². The molecule has 30 aromatic rings. The lowest BCUT2D eigenvalue weighted by molar-refractivity contribution is 0.660. The maximum absolute atomic E-state index is 2.49. The van der Waals surface area contributed by atoms with E-state index >= 15 is 0 Å². The van der Waals surface area contributed by atoms with E-state index in [1.165, 1.54) is 285 Å². The van der Waals surface area contributed by atoms with Crippen molar-refractivity contribution in [1.29, 1.82) is 0 Å². The molecule has 3 aliphatic carbocycles. The van der Waals surface area contributed by atoms with Crippen LogP contribution in [0.25, 0.3) is 252 Å². The van der Waals surface area contributed by atoms with Crippen molar-refractivity contribution in [2.24, 2.45) is 0 Å². The summed E-state index contributed by atoms with van der Waals surface area (Å²) < 4.78 is 17.1. The van der Waals surface area contributed by atoms with Crippen LogP contribution in [0.15, 0.2) is 522 Å². The number of thiophene rings is 1. The molecule has 0 fully saturated rings. The fraction of sp³-hybridized carbons (Fsp3) is 0.0282. The first-order chi connectivity index (χ1) is 73.7. The fourth-order valence-electron chi connectivity index (χ4n) is 26.2. The summed E-state index contributed by atoms with van der Waals surface area (Å²) in [5.41, 5.74) is 44.9. The standard InChI is InChI=1S/C55H34N2.C45H32N2.C42H26N2S/c1-2-14-37(15-3-1)56-51-24-12-7-19-43(51)45-32-35(26-30-53(45)56)36-27-31-54-46(33-36)44-20-8-13-25-52(44)57(54)38-28-29-42-41-18-6-11-23-49(41)55(50(42)34-38)47-21-9-4-16-39(47)40-17-5-10-22-48(40)55;1-45(2)39-17-9-6-14-33(39)34-23-22-32(28-40(34)45)47-42-19-11-8-16-36(42)38-27-30(21-25-44(38)47)29-20-24-43-37(26-29)35-15-7-10-18-41(35)46(43)31-12-4-3-5-13-31;1-2-10-29(11-3-1)43-37-15-7-4-12-31(37)34-24-27(18-21-39(34)43)28-19-22-40-35(25-28)32-13-5-8-16-38(32)44(40)30-20-23-42-36(26-30)33-14-6-9-17-41(33)45-42/h1-34H;3-28H,1-2H3;1-26H. The highest BCUT2D eigenvalue weighted by Gasteiger charge is 2.52. The molecule has 0 amide bonds. The van der Waals surface area contributed by atoms with Gasteiger partial charge in [0.15, 0.2) is 0 Å². The molecule has 0 unspecified atom stereocenters. The van der Waals surface area contributed by atoms with E-state index in [0.717, 1.165) is 0 Å². The number of nitrogens with zero attached hydrogens (tertiary/aromatic N) is 6. The van der Waals surface area contributed by atoms with Gasteiger partial charge in [0.05, 0.1) is 71.6 Å². The molecule has 696 valence electrons. The highest BCUT2D eigenvalue weighted by Crippen LogP contribution is 2.64. The Labute approximate surface area is 863 Å². The number of hydrogen-bond donors (Lipinski definition) is 0. The first kappa shape index (κ1) is 84.6. The van der Waals surface area contributed by atoms with E-state index in [1.54, 1.807) is 0 Å². The molecule has 3 aliphatic rings. The molecule has 149 heavy (non-hydrogen) atoms. The molecule has 7 heteroatoms. The van der Waals surface area contributed by atoms with Gasteiger partial charge in [0.2, 0.25) is 0 Å². The van der Waals surface area contributed by atoms with E-state index in [1.807, 2.05) is 11.3 Å². The molecule has 23 aromatic carbocycles. The maximum atomic E-state index is 2.49. The molecule has 0 atom stereocenters. The molecule has 0 N–H and O–H groups in total. The van der Waals surface area contributed by atoms with Gasteiger partial charge < -0.3 is 27.4 Å². The summed E-state index contributed by atoms with van der Waals surface area (Å²) in [6.45, 7) is 4.71. The summed E-state index contributed by atoms with van der Waals surface area (Å²) in [5.74, 6) is 0. The molecule has 6 nitrogen and oxygen atoms in total. The van der Waals surface area contributed by atoms with Gasteiger partial charge in [-0.25, -0.2) is 0 Å². The molecule has 0 saturated heterocycles. The maximum Gasteiger partial charge on any atom is 0.0726 e. The van der Waals surface area contributed by atoms with Crippen LogP contribution in [0.4, 0.5) is 0 Å². The second-order valence-electron chi connectivity index (χ2n) is 40.8.